The summed E-state index contributed by atoms with van der Waals surface area (Å²) in [5.41, 5.74) is 3.61. The van der Waals surface area contributed by atoms with Crippen LogP contribution < -0.4 is 0 Å². The lowest BCUT2D eigenvalue weighted by Gasteiger charge is -2.35. The van der Waals surface area contributed by atoms with E-state index < -0.39 is 0 Å². The average Bonchev–Trinajstić information content (AvgIpc) is 2.72. The fraction of sp³-hybridized carbons (Fsp3) is 0.588. The number of nitrogens with zero attached hydrogens (tertiary/aromatic N) is 3. The Morgan fingerprint density at radius 1 is 1.24 bits per heavy atom. The van der Waals surface area contributed by atoms with E-state index in [0.29, 0.717) is 12.2 Å². The predicted octanol–water partition coefficient (Wildman–Crippen LogP) is 2.53. The molecule has 2 heterocycles. The summed E-state index contributed by atoms with van der Waals surface area (Å²) in [4.78, 5) is 7.27. The maximum absolute atomic E-state index is 5.79. The molecular formula is C17H25N3O. The topological polar surface area (TPSA) is 30.3 Å². The first-order chi connectivity index (χ1) is 10.0. The van der Waals surface area contributed by atoms with E-state index >= 15 is 0 Å². The third-order valence-electron chi connectivity index (χ3n) is 4.28. The smallest absolute Gasteiger partial charge is 0.110 e. The number of imidazole rings is 1. The molecule has 0 radical (unpaired) electrons. The summed E-state index contributed by atoms with van der Waals surface area (Å²) in [6, 6.07) is 6.46. The number of hydrogen-bond acceptors (Lipinski definition) is 3. The summed E-state index contributed by atoms with van der Waals surface area (Å²) in [6.07, 6.45) is 1.65. The zero-order valence-corrected chi connectivity index (χ0v) is 13.5. The number of rotatable bonds is 3. The highest BCUT2D eigenvalue weighted by Gasteiger charge is 2.22. The maximum Gasteiger partial charge on any atom is 0.110 e. The first kappa shape index (κ1) is 14.5. The highest BCUT2D eigenvalue weighted by Crippen LogP contribution is 2.18. The number of ether oxygens (including phenoxy) is 1. The molecule has 1 aliphatic rings. The van der Waals surface area contributed by atoms with Crippen LogP contribution in [0.15, 0.2) is 18.2 Å². The summed E-state index contributed by atoms with van der Waals surface area (Å²) in [7, 11) is 2.12. The summed E-state index contributed by atoms with van der Waals surface area (Å²) in [6.45, 7) is 9.53. The van der Waals surface area contributed by atoms with Crippen molar-refractivity contribution in [3.05, 3.63) is 29.6 Å². The van der Waals surface area contributed by atoms with Gasteiger partial charge in [0.05, 0.1) is 23.2 Å². The SMILES string of the molecule is Cc1ccc2nc(CCN3CC(C)OC(C)C3)n(C)c2c1. The lowest BCUT2D eigenvalue weighted by Crippen LogP contribution is -2.46. The van der Waals surface area contributed by atoms with Gasteiger partial charge in [-0.15, -0.1) is 0 Å². The monoisotopic (exact) mass is 287 g/mol. The normalized spacial score (nSPS) is 23.8. The van der Waals surface area contributed by atoms with E-state index in [1.54, 1.807) is 0 Å². The Hall–Kier alpha value is -1.39. The van der Waals surface area contributed by atoms with E-state index in [0.717, 1.165) is 31.6 Å². The number of benzene rings is 1. The Morgan fingerprint density at radius 3 is 2.67 bits per heavy atom. The molecule has 2 atom stereocenters. The van der Waals surface area contributed by atoms with Gasteiger partial charge in [-0.25, -0.2) is 4.98 Å². The van der Waals surface area contributed by atoms with Crippen LogP contribution in [-0.2, 0) is 18.2 Å². The minimum Gasteiger partial charge on any atom is -0.373 e. The fourth-order valence-electron chi connectivity index (χ4n) is 3.30. The summed E-state index contributed by atoms with van der Waals surface area (Å²) >= 11 is 0. The molecule has 0 spiro atoms. The molecule has 1 saturated heterocycles. The van der Waals surface area contributed by atoms with E-state index in [4.69, 9.17) is 9.72 Å². The Labute approximate surface area is 126 Å². The van der Waals surface area contributed by atoms with Crippen molar-refractivity contribution in [1.82, 2.24) is 14.5 Å². The van der Waals surface area contributed by atoms with Gasteiger partial charge < -0.3 is 9.30 Å². The van der Waals surface area contributed by atoms with E-state index in [2.05, 4.69) is 55.5 Å². The number of aryl methyl sites for hydroxylation is 2. The lowest BCUT2D eigenvalue weighted by atomic mass is 10.2. The molecule has 3 rings (SSSR count). The second-order valence-electron chi connectivity index (χ2n) is 6.35. The molecule has 1 aromatic heterocycles. The molecule has 0 saturated carbocycles. The van der Waals surface area contributed by atoms with Gasteiger partial charge in [0.1, 0.15) is 5.82 Å². The number of hydrogen-bond donors (Lipinski definition) is 0. The third-order valence-corrected chi connectivity index (χ3v) is 4.28. The van der Waals surface area contributed by atoms with E-state index in [1.165, 1.54) is 16.9 Å². The first-order valence-electron chi connectivity index (χ1n) is 7.82. The largest absolute Gasteiger partial charge is 0.373 e. The highest BCUT2D eigenvalue weighted by molar-refractivity contribution is 5.76. The molecule has 1 aromatic carbocycles. The number of fused-ring (bicyclic) bond motifs is 1. The molecule has 2 aromatic rings. The van der Waals surface area contributed by atoms with E-state index in [1.807, 2.05) is 0 Å². The quantitative estimate of drug-likeness (QED) is 0.869. The second-order valence-corrected chi connectivity index (χ2v) is 6.35. The zero-order valence-electron chi connectivity index (χ0n) is 13.5. The van der Waals surface area contributed by atoms with Gasteiger partial charge in [0.25, 0.3) is 0 Å². The van der Waals surface area contributed by atoms with Gasteiger partial charge in [0.15, 0.2) is 0 Å². The Kier molecular flexibility index (Phi) is 4.00. The van der Waals surface area contributed by atoms with Crippen molar-refractivity contribution in [2.45, 2.75) is 39.4 Å². The van der Waals surface area contributed by atoms with E-state index in [-0.39, 0.29) is 0 Å². The maximum atomic E-state index is 5.79. The van der Waals surface area contributed by atoms with Crippen molar-refractivity contribution in [3.63, 3.8) is 0 Å². The van der Waals surface area contributed by atoms with Gasteiger partial charge >= 0.3 is 0 Å². The molecule has 21 heavy (non-hydrogen) atoms. The van der Waals surface area contributed by atoms with E-state index in [9.17, 15) is 0 Å². The Morgan fingerprint density at radius 2 is 1.95 bits per heavy atom. The summed E-state index contributed by atoms with van der Waals surface area (Å²) in [5.74, 6) is 1.17. The molecular weight excluding hydrogens is 262 g/mol. The van der Waals surface area contributed by atoms with Gasteiger partial charge in [-0.3, -0.25) is 4.90 Å². The number of morpholine rings is 1. The van der Waals surface area contributed by atoms with Crippen LogP contribution in [0.1, 0.15) is 25.2 Å². The van der Waals surface area contributed by atoms with Gasteiger partial charge in [-0.05, 0) is 38.5 Å². The van der Waals surface area contributed by atoms with Crippen molar-refractivity contribution >= 4 is 11.0 Å². The van der Waals surface area contributed by atoms with Crippen LogP contribution in [0.3, 0.4) is 0 Å². The molecule has 0 bridgehead atoms. The molecule has 1 fully saturated rings. The molecule has 114 valence electrons. The molecule has 4 nitrogen and oxygen atoms in total. The minimum absolute atomic E-state index is 0.330. The van der Waals surface area contributed by atoms with Crippen molar-refractivity contribution in [1.29, 1.82) is 0 Å². The van der Waals surface area contributed by atoms with Gasteiger partial charge in [0.2, 0.25) is 0 Å². The zero-order chi connectivity index (χ0) is 15.0. The van der Waals surface area contributed by atoms with Crippen molar-refractivity contribution in [2.75, 3.05) is 19.6 Å². The van der Waals surface area contributed by atoms with Gasteiger partial charge in [0, 0.05) is 33.1 Å². The highest BCUT2D eigenvalue weighted by atomic mass is 16.5. The van der Waals surface area contributed by atoms with Crippen molar-refractivity contribution in [2.24, 2.45) is 7.05 Å². The second kappa shape index (κ2) is 5.78. The van der Waals surface area contributed by atoms with Crippen LogP contribution in [0.5, 0.6) is 0 Å². The van der Waals surface area contributed by atoms with Crippen LogP contribution in [0.25, 0.3) is 11.0 Å². The summed E-state index contributed by atoms with van der Waals surface area (Å²) in [5, 5.41) is 0. The van der Waals surface area contributed by atoms with Gasteiger partial charge in [-0.2, -0.15) is 0 Å². The molecule has 2 unspecified atom stereocenters. The minimum atomic E-state index is 0.330. The van der Waals surface area contributed by atoms with Gasteiger partial charge in [-0.1, -0.05) is 6.07 Å². The molecule has 0 amide bonds. The molecule has 4 heteroatoms. The third kappa shape index (κ3) is 3.11. The molecule has 0 aliphatic carbocycles. The fourth-order valence-corrected chi connectivity index (χ4v) is 3.30. The standard InChI is InChI=1S/C17H25N3O/c1-12-5-6-15-16(9-12)19(4)17(18-15)7-8-20-10-13(2)21-14(3)11-20/h5-6,9,13-14H,7-8,10-11H2,1-4H3. The first-order valence-corrected chi connectivity index (χ1v) is 7.82. The number of aromatic nitrogens is 2. The Bertz CT molecular complexity index is 624. The Balaban J connectivity index is 1.72. The van der Waals surface area contributed by atoms with Crippen LogP contribution in [0.2, 0.25) is 0 Å². The van der Waals surface area contributed by atoms with Crippen LogP contribution in [0, 0.1) is 6.92 Å². The molecule has 1 aliphatic heterocycles. The van der Waals surface area contributed by atoms with Crippen LogP contribution >= 0.6 is 0 Å². The van der Waals surface area contributed by atoms with Crippen molar-refractivity contribution < 1.29 is 4.74 Å². The average molecular weight is 287 g/mol. The lowest BCUT2D eigenvalue weighted by molar-refractivity contribution is -0.0676. The predicted molar refractivity (Wildman–Crippen MR) is 85.6 cm³/mol. The van der Waals surface area contributed by atoms with Crippen LogP contribution in [-0.4, -0.2) is 46.3 Å². The molecule has 0 N–H and O–H groups in total. The van der Waals surface area contributed by atoms with Crippen molar-refractivity contribution in [3.8, 4) is 0 Å². The van der Waals surface area contributed by atoms with Crippen LogP contribution in [0.4, 0.5) is 0 Å². The summed E-state index contributed by atoms with van der Waals surface area (Å²) < 4.78 is 8.02.